The van der Waals surface area contributed by atoms with Crippen LogP contribution in [0.1, 0.15) is 6.92 Å². The number of carbonyl (C=O) groups excluding carboxylic acids is 1. The second-order valence-electron chi connectivity index (χ2n) is 4.19. The van der Waals surface area contributed by atoms with Gasteiger partial charge in [0.2, 0.25) is 0 Å². The molecule has 0 aromatic heterocycles. The fraction of sp³-hybridized carbons (Fsp3) is 0.133. The first-order valence-corrected chi connectivity index (χ1v) is 6.79. The standard InChI is InChI=1S/C15H13Cl2NO2/c1-10(20-14-8-3-2-7-13(14)17)15(19)18-12-6-4-5-11(16)9-12/h2-10H,1H3,(H,18,19)/t10-/m0/s1. The molecule has 20 heavy (non-hydrogen) atoms. The number of anilines is 1. The van der Waals surface area contributed by atoms with E-state index in [2.05, 4.69) is 5.32 Å². The van der Waals surface area contributed by atoms with E-state index in [-0.39, 0.29) is 5.91 Å². The lowest BCUT2D eigenvalue weighted by Gasteiger charge is -2.15. The van der Waals surface area contributed by atoms with E-state index in [1.54, 1.807) is 55.5 Å². The molecule has 0 spiro atoms. The Bertz CT molecular complexity index is 616. The molecule has 104 valence electrons. The summed E-state index contributed by atoms with van der Waals surface area (Å²) in [6, 6.07) is 13.9. The Kier molecular flexibility index (Phi) is 4.88. The first kappa shape index (κ1) is 14.7. The maximum atomic E-state index is 12.0. The zero-order chi connectivity index (χ0) is 14.5. The zero-order valence-electron chi connectivity index (χ0n) is 10.8. The topological polar surface area (TPSA) is 38.3 Å². The van der Waals surface area contributed by atoms with E-state index in [4.69, 9.17) is 27.9 Å². The zero-order valence-corrected chi connectivity index (χ0v) is 12.3. The number of para-hydroxylation sites is 1. The van der Waals surface area contributed by atoms with Gasteiger partial charge in [-0.2, -0.15) is 0 Å². The molecular formula is C15H13Cl2NO2. The number of hydrogen-bond donors (Lipinski definition) is 1. The summed E-state index contributed by atoms with van der Waals surface area (Å²) in [4.78, 5) is 12.0. The number of ether oxygens (including phenoxy) is 1. The van der Waals surface area contributed by atoms with Crippen molar-refractivity contribution in [2.45, 2.75) is 13.0 Å². The second-order valence-corrected chi connectivity index (χ2v) is 5.03. The van der Waals surface area contributed by atoms with Crippen LogP contribution in [0.15, 0.2) is 48.5 Å². The number of rotatable bonds is 4. The summed E-state index contributed by atoms with van der Waals surface area (Å²) in [6.45, 7) is 1.66. The summed E-state index contributed by atoms with van der Waals surface area (Å²) < 4.78 is 5.53. The van der Waals surface area contributed by atoms with E-state index in [1.807, 2.05) is 0 Å². The molecule has 0 saturated heterocycles. The molecule has 0 radical (unpaired) electrons. The molecule has 0 aliphatic rings. The van der Waals surface area contributed by atoms with Crippen molar-refractivity contribution in [2.75, 3.05) is 5.32 Å². The van der Waals surface area contributed by atoms with Crippen LogP contribution in [0.4, 0.5) is 5.69 Å². The maximum absolute atomic E-state index is 12.0. The number of benzene rings is 2. The Morgan fingerprint density at radius 2 is 1.90 bits per heavy atom. The molecule has 0 heterocycles. The van der Waals surface area contributed by atoms with Crippen LogP contribution in [0.5, 0.6) is 5.75 Å². The van der Waals surface area contributed by atoms with Crippen LogP contribution >= 0.6 is 23.2 Å². The van der Waals surface area contributed by atoms with Gasteiger partial charge in [-0.1, -0.05) is 41.4 Å². The monoisotopic (exact) mass is 309 g/mol. The second kappa shape index (κ2) is 6.64. The molecule has 1 atom stereocenters. The highest BCUT2D eigenvalue weighted by Gasteiger charge is 2.16. The number of carbonyl (C=O) groups is 1. The van der Waals surface area contributed by atoms with Gasteiger partial charge in [-0.3, -0.25) is 4.79 Å². The van der Waals surface area contributed by atoms with Gasteiger partial charge in [0.05, 0.1) is 5.02 Å². The lowest BCUT2D eigenvalue weighted by molar-refractivity contribution is -0.122. The highest BCUT2D eigenvalue weighted by molar-refractivity contribution is 6.32. The summed E-state index contributed by atoms with van der Waals surface area (Å²) >= 11 is 11.8. The van der Waals surface area contributed by atoms with Crippen molar-refractivity contribution in [1.82, 2.24) is 0 Å². The van der Waals surface area contributed by atoms with Crippen LogP contribution < -0.4 is 10.1 Å². The fourth-order valence-corrected chi connectivity index (χ4v) is 1.96. The van der Waals surface area contributed by atoms with E-state index in [9.17, 15) is 4.79 Å². The predicted molar refractivity (Wildman–Crippen MR) is 81.6 cm³/mol. The first-order chi connectivity index (χ1) is 9.56. The van der Waals surface area contributed by atoms with E-state index in [0.717, 1.165) is 0 Å². The van der Waals surface area contributed by atoms with Crippen molar-refractivity contribution >= 4 is 34.8 Å². The highest BCUT2D eigenvalue weighted by Crippen LogP contribution is 2.24. The molecule has 1 N–H and O–H groups in total. The van der Waals surface area contributed by atoms with Crippen molar-refractivity contribution in [3.05, 3.63) is 58.6 Å². The summed E-state index contributed by atoms with van der Waals surface area (Å²) in [5, 5.41) is 3.76. The number of halogens is 2. The SMILES string of the molecule is C[C@H](Oc1ccccc1Cl)C(=O)Nc1cccc(Cl)c1. The van der Waals surface area contributed by atoms with Crippen molar-refractivity contribution in [1.29, 1.82) is 0 Å². The molecule has 0 aliphatic heterocycles. The van der Waals surface area contributed by atoms with Gasteiger partial charge in [0.15, 0.2) is 6.10 Å². The average molecular weight is 310 g/mol. The quantitative estimate of drug-likeness (QED) is 0.909. The van der Waals surface area contributed by atoms with Crippen LogP contribution in [-0.2, 0) is 4.79 Å². The molecule has 2 aromatic rings. The van der Waals surface area contributed by atoms with Gasteiger partial charge in [-0.15, -0.1) is 0 Å². The summed E-state index contributed by atoms with van der Waals surface area (Å²) in [7, 11) is 0. The largest absolute Gasteiger partial charge is 0.479 e. The van der Waals surface area contributed by atoms with Crippen molar-refractivity contribution in [3.63, 3.8) is 0 Å². The fourth-order valence-electron chi connectivity index (χ4n) is 1.59. The lowest BCUT2D eigenvalue weighted by Crippen LogP contribution is -2.30. The minimum Gasteiger partial charge on any atom is -0.479 e. The van der Waals surface area contributed by atoms with Gasteiger partial charge >= 0.3 is 0 Å². The van der Waals surface area contributed by atoms with Gasteiger partial charge < -0.3 is 10.1 Å². The van der Waals surface area contributed by atoms with Crippen molar-refractivity contribution in [3.8, 4) is 5.75 Å². The summed E-state index contributed by atoms with van der Waals surface area (Å²) in [6.07, 6.45) is -0.672. The third-order valence-electron chi connectivity index (χ3n) is 2.60. The minimum atomic E-state index is -0.672. The Morgan fingerprint density at radius 1 is 1.15 bits per heavy atom. The maximum Gasteiger partial charge on any atom is 0.265 e. The van der Waals surface area contributed by atoms with Gasteiger partial charge in [-0.05, 0) is 37.3 Å². The number of nitrogens with one attached hydrogen (secondary N) is 1. The predicted octanol–water partition coefficient (Wildman–Crippen LogP) is 4.40. The molecule has 0 unspecified atom stereocenters. The van der Waals surface area contributed by atoms with Gasteiger partial charge in [0, 0.05) is 10.7 Å². The number of amides is 1. The first-order valence-electron chi connectivity index (χ1n) is 6.04. The third-order valence-corrected chi connectivity index (χ3v) is 3.15. The van der Waals surface area contributed by atoms with Crippen LogP contribution in [0, 0.1) is 0 Å². The van der Waals surface area contributed by atoms with E-state index >= 15 is 0 Å². The third kappa shape index (κ3) is 3.89. The molecule has 2 aromatic carbocycles. The van der Waals surface area contributed by atoms with Crippen molar-refractivity contribution in [2.24, 2.45) is 0 Å². The lowest BCUT2D eigenvalue weighted by atomic mass is 10.3. The van der Waals surface area contributed by atoms with Crippen LogP contribution in [-0.4, -0.2) is 12.0 Å². The molecule has 3 nitrogen and oxygen atoms in total. The number of hydrogen-bond acceptors (Lipinski definition) is 2. The van der Waals surface area contributed by atoms with Crippen LogP contribution in [0.25, 0.3) is 0 Å². The minimum absolute atomic E-state index is 0.271. The molecule has 1 amide bonds. The van der Waals surface area contributed by atoms with Gasteiger partial charge in [0.25, 0.3) is 5.91 Å². The molecule has 0 bridgehead atoms. The van der Waals surface area contributed by atoms with E-state index < -0.39 is 6.10 Å². The summed E-state index contributed by atoms with van der Waals surface area (Å²) in [5.41, 5.74) is 0.622. The highest BCUT2D eigenvalue weighted by atomic mass is 35.5. The van der Waals surface area contributed by atoms with Gasteiger partial charge in [-0.25, -0.2) is 0 Å². The average Bonchev–Trinajstić information content (AvgIpc) is 2.41. The summed E-state index contributed by atoms with van der Waals surface area (Å²) in [5.74, 6) is 0.204. The molecule has 0 aliphatic carbocycles. The van der Waals surface area contributed by atoms with Gasteiger partial charge in [0.1, 0.15) is 5.75 Å². The molecule has 5 heteroatoms. The molecule has 0 fully saturated rings. The van der Waals surface area contributed by atoms with Crippen LogP contribution in [0.3, 0.4) is 0 Å². The van der Waals surface area contributed by atoms with Crippen LogP contribution in [0.2, 0.25) is 10.0 Å². The Balaban J connectivity index is 2.01. The Morgan fingerprint density at radius 3 is 2.60 bits per heavy atom. The Hall–Kier alpha value is -1.71. The van der Waals surface area contributed by atoms with E-state index in [0.29, 0.717) is 21.5 Å². The normalized spacial score (nSPS) is 11.8. The smallest absolute Gasteiger partial charge is 0.265 e. The molecular weight excluding hydrogens is 297 g/mol. The van der Waals surface area contributed by atoms with Crippen molar-refractivity contribution < 1.29 is 9.53 Å². The molecule has 0 saturated carbocycles. The van der Waals surface area contributed by atoms with E-state index in [1.165, 1.54) is 0 Å². The Labute approximate surface area is 127 Å². The molecule has 2 rings (SSSR count).